The summed E-state index contributed by atoms with van der Waals surface area (Å²) < 4.78 is 0.912. The van der Waals surface area contributed by atoms with Gasteiger partial charge in [0.05, 0.1) is 11.6 Å². The van der Waals surface area contributed by atoms with Gasteiger partial charge in [0.15, 0.2) is 0 Å². The van der Waals surface area contributed by atoms with Gasteiger partial charge in [-0.15, -0.1) is 0 Å². The second-order valence-electron chi connectivity index (χ2n) is 4.36. The minimum absolute atomic E-state index is 0.651. The van der Waals surface area contributed by atoms with Gasteiger partial charge in [0.2, 0.25) is 0 Å². The normalized spacial score (nSPS) is 9.95. The molecule has 3 heteroatoms. The second kappa shape index (κ2) is 6.40. The number of nitrogens with one attached hydrogen (secondary N) is 1. The molecule has 0 aromatic heterocycles. The van der Waals surface area contributed by atoms with Crippen molar-refractivity contribution in [2.75, 3.05) is 5.32 Å². The molecule has 2 aromatic carbocycles. The third kappa shape index (κ3) is 3.84. The van der Waals surface area contributed by atoms with E-state index in [2.05, 4.69) is 58.5 Å². The Labute approximate surface area is 122 Å². The fraction of sp³-hybridized carbons (Fsp3) is 0.188. The van der Waals surface area contributed by atoms with Crippen LogP contribution in [0, 0.1) is 11.3 Å². The van der Waals surface area contributed by atoms with Gasteiger partial charge in [-0.05, 0) is 35.7 Å². The van der Waals surface area contributed by atoms with Crippen LogP contribution in [0.3, 0.4) is 0 Å². The fourth-order valence-electron chi connectivity index (χ4n) is 1.85. The Balaban J connectivity index is 2.05. The standard InChI is InChI=1S/C16H15BrN2/c1-2-12-3-5-13(6-4-12)11-19-16-8-14(10-18)7-15(17)9-16/h3-9,19H,2,11H2,1H3. The molecule has 0 spiro atoms. The highest BCUT2D eigenvalue weighted by atomic mass is 79.9. The quantitative estimate of drug-likeness (QED) is 0.902. The minimum Gasteiger partial charge on any atom is -0.381 e. The van der Waals surface area contributed by atoms with Gasteiger partial charge in [-0.1, -0.05) is 47.1 Å². The molecule has 0 heterocycles. The van der Waals surface area contributed by atoms with Crippen LogP contribution in [-0.2, 0) is 13.0 Å². The summed E-state index contributed by atoms with van der Waals surface area (Å²) in [5.41, 5.74) is 4.18. The molecule has 0 aliphatic rings. The molecule has 0 radical (unpaired) electrons. The minimum atomic E-state index is 0.651. The van der Waals surface area contributed by atoms with Gasteiger partial charge in [0.25, 0.3) is 0 Å². The molecule has 0 saturated carbocycles. The molecule has 0 atom stereocenters. The highest BCUT2D eigenvalue weighted by Gasteiger charge is 1.99. The van der Waals surface area contributed by atoms with Crippen LogP contribution in [0.2, 0.25) is 0 Å². The number of nitrogens with zero attached hydrogens (tertiary/aromatic N) is 1. The maximum Gasteiger partial charge on any atom is 0.0992 e. The molecule has 0 unspecified atom stereocenters. The molecule has 1 N–H and O–H groups in total. The summed E-state index contributed by atoms with van der Waals surface area (Å²) in [5, 5.41) is 12.3. The van der Waals surface area contributed by atoms with Crippen molar-refractivity contribution < 1.29 is 0 Å². The SMILES string of the molecule is CCc1ccc(CNc2cc(Br)cc(C#N)c2)cc1. The summed E-state index contributed by atoms with van der Waals surface area (Å²) in [7, 11) is 0. The van der Waals surface area contributed by atoms with Gasteiger partial charge in [-0.3, -0.25) is 0 Å². The Morgan fingerprint density at radius 3 is 2.42 bits per heavy atom. The first-order valence-corrected chi connectivity index (χ1v) is 7.03. The van der Waals surface area contributed by atoms with Crippen LogP contribution in [0.5, 0.6) is 0 Å². The zero-order valence-corrected chi connectivity index (χ0v) is 12.4. The Hall–Kier alpha value is -1.79. The molecule has 0 saturated heterocycles. The van der Waals surface area contributed by atoms with Crippen molar-refractivity contribution in [2.45, 2.75) is 19.9 Å². The van der Waals surface area contributed by atoms with E-state index in [9.17, 15) is 0 Å². The lowest BCUT2D eigenvalue weighted by Gasteiger charge is -2.08. The largest absolute Gasteiger partial charge is 0.381 e. The Kier molecular flexibility index (Phi) is 4.59. The van der Waals surface area contributed by atoms with E-state index in [4.69, 9.17) is 5.26 Å². The first-order chi connectivity index (χ1) is 9.21. The summed E-state index contributed by atoms with van der Waals surface area (Å²) >= 11 is 3.41. The van der Waals surface area contributed by atoms with Crippen molar-refractivity contribution >= 4 is 21.6 Å². The monoisotopic (exact) mass is 314 g/mol. The van der Waals surface area contributed by atoms with E-state index in [1.54, 1.807) is 6.07 Å². The molecule has 96 valence electrons. The average Bonchev–Trinajstić information content (AvgIpc) is 2.45. The number of nitriles is 1. The number of aryl methyl sites for hydroxylation is 1. The smallest absolute Gasteiger partial charge is 0.0992 e. The number of rotatable bonds is 4. The Morgan fingerprint density at radius 1 is 1.11 bits per heavy atom. The number of anilines is 1. The van der Waals surface area contributed by atoms with Crippen LogP contribution < -0.4 is 5.32 Å². The Bertz CT molecular complexity index is 597. The van der Waals surface area contributed by atoms with E-state index in [0.717, 1.165) is 23.1 Å². The number of halogens is 1. The van der Waals surface area contributed by atoms with Crippen LogP contribution in [0.15, 0.2) is 46.9 Å². The molecule has 2 aromatic rings. The molecule has 0 amide bonds. The number of hydrogen-bond donors (Lipinski definition) is 1. The molecule has 0 aliphatic carbocycles. The molecular formula is C16H15BrN2. The molecule has 2 rings (SSSR count). The zero-order chi connectivity index (χ0) is 13.7. The number of hydrogen-bond acceptors (Lipinski definition) is 2. The lowest BCUT2D eigenvalue weighted by atomic mass is 10.1. The first kappa shape index (κ1) is 13.6. The highest BCUT2D eigenvalue weighted by Crippen LogP contribution is 2.20. The van der Waals surface area contributed by atoms with E-state index < -0.39 is 0 Å². The van der Waals surface area contributed by atoms with E-state index in [-0.39, 0.29) is 0 Å². The van der Waals surface area contributed by atoms with Gasteiger partial charge in [0.1, 0.15) is 0 Å². The van der Waals surface area contributed by atoms with Crippen LogP contribution in [0.4, 0.5) is 5.69 Å². The van der Waals surface area contributed by atoms with Crippen molar-refractivity contribution in [2.24, 2.45) is 0 Å². The van der Waals surface area contributed by atoms with E-state index in [1.807, 2.05) is 12.1 Å². The summed E-state index contributed by atoms with van der Waals surface area (Å²) in [5.74, 6) is 0. The predicted molar refractivity (Wildman–Crippen MR) is 82.0 cm³/mol. The van der Waals surface area contributed by atoms with Gasteiger partial charge in [0, 0.05) is 16.7 Å². The summed E-state index contributed by atoms with van der Waals surface area (Å²) in [6.07, 6.45) is 1.06. The lowest BCUT2D eigenvalue weighted by Crippen LogP contribution is -1.99. The van der Waals surface area contributed by atoms with Crippen LogP contribution >= 0.6 is 15.9 Å². The van der Waals surface area contributed by atoms with Crippen LogP contribution in [0.1, 0.15) is 23.6 Å². The van der Waals surface area contributed by atoms with E-state index in [1.165, 1.54) is 11.1 Å². The van der Waals surface area contributed by atoms with Crippen molar-refractivity contribution in [1.29, 1.82) is 5.26 Å². The number of benzene rings is 2. The summed E-state index contributed by atoms with van der Waals surface area (Å²) in [4.78, 5) is 0. The lowest BCUT2D eigenvalue weighted by molar-refractivity contribution is 1.10. The molecule has 19 heavy (non-hydrogen) atoms. The third-order valence-corrected chi connectivity index (χ3v) is 3.41. The van der Waals surface area contributed by atoms with Gasteiger partial charge in [-0.2, -0.15) is 5.26 Å². The first-order valence-electron chi connectivity index (χ1n) is 6.23. The van der Waals surface area contributed by atoms with Crippen molar-refractivity contribution in [3.8, 4) is 6.07 Å². The van der Waals surface area contributed by atoms with Crippen LogP contribution in [0.25, 0.3) is 0 Å². The van der Waals surface area contributed by atoms with E-state index in [0.29, 0.717) is 5.56 Å². The molecule has 2 nitrogen and oxygen atoms in total. The van der Waals surface area contributed by atoms with Crippen molar-refractivity contribution in [3.05, 3.63) is 63.6 Å². The summed E-state index contributed by atoms with van der Waals surface area (Å²) in [6, 6.07) is 16.4. The van der Waals surface area contributed by atoms with Crippen molar-refractivity contribution in [1.82, 2.24) is 0 Å². The van der Waals surface area contributed by atoms with Gasteiger partial charge >= 0.3 is 0 Å². The van der Waals surface area contributed by atoms with E-state index >= 15 is 0 Å². The molecule has 0 bridgehead atoms. The fourth-order valence-corrected chi connectivity index (χ4v) is 2.35. The Morgan fingerprint density at radius 2 is 1.79 bits per heavy atom. The van der Waals surface area contributed by atoms with Crippen LogP contribution in [-0.4, -0.2) is 0 Å². The maximum atomic E-state index is 8.93. The molecular weight excluding hydrogens is 300 g/mol. The molecule has 0 aliphatic heterocycles. The molecule has 0 fully saturated rings. The zero-order valence-electron chi connectivity index (χ0n) is 10.8. The van der Waals surface area contributed by atoms with Gasteiger partial charge < -0.3 is 5.32 Å². The average molecular weight is 315 g/mol. The van der Waals surface area contributed by atoms with Gasteiger partial charge in [-0.25, -0.2) is 0 Å². The highest BCUT2D eigenvalue weighted by molar-refractivity contribution is 9.10. The second-order valence-corrected chi connectivity index (χ2v) is 5.28. The topological polar surface area (TPSA) is 35.8 Å². The summed E-state index contributed by atoms with van der Waals surface area (Å²) in [6.45, 7) is 2.91. The maximum absolute atomic E-state index is 8.93. The van der Waals surface area contributed by atoms with Crippen molar-refractivity contribution in [3.63, 3.8) is 0 Å². The third-order valence-electron chi connectivity index (χ3n) is 2.95. The predicted octanol–water partition coefficient (Wildman–Crippen LogP) is 4.50.